The summed E-state index contributed by atoms with van der Waals surface area (Å²) in [5.74, 6) is 0. The number of aromatic nitrogens is 4. The molecule has 1 aromatic heterocycles. The van der Waals surface area contributed by atoms with Crippen molar-refractivity contribution in [3.63, 3.8) is 0 Å². The highest BCUT2D eigenvalue weighted by Gasteiger charge is 2.02. The molecular formula is C7H15N5. The van der Waals surface area contributed by atoms with Gasteiger partial charge in [-0.3, -0.25) is 0 Å². The van der Waals surface area contributed by atoms with Crippen LogP contribution in [0.15, 0.2) is 6.33 Å². The molecule has 0 aliphatic carbocycles. The third-order valence-corrected chi connectivity index (χ3v) is 1.93. The second kappa shape index (κ2) is 4.15. The highest BCUT2D eigenvalue weighted by molar-refractivity contribution is 4.55. The molecule has 5 nitrogen and oxygen atoms in total. The Hall–Kier alpha value is -0.970. The van der Waals surface area contributed by atoms with Crippen molar-refractivity contribution in [1.82, 2.24) is 25.1 Å². The summed E-state index contributed by atoms with van der Waals surface area (Å²) in [5.41, 5.74) is 0. The highest BCUT2D eigenvalue weighted by Crippen LogP contribution is 1.92. The van der Waals surface area contributed by atoms with Crippen molar-refractivity contribution in [3.8, 4) is 0 Å². The predicted octanol–water partition coefficient (Wildman–Crippen LogP) is 0.0133. The first kappa shape index (κ1) is 9.12. The second-order valence-corrected chi connectivity index (χ2v) is 3.11. The Morgan fingerprint density at radius 2 is 2.25 bits per heavy atom. The zero-order valence-electron chi connectivity index (χ0n) is 7.80. The molecule has 0 unspecified atom stereocenters. The third kappa shape index (κ3) is 2.58. The maximum absolute atomic E-state index is 3.92. The fraction of sp³-hybridized carbons (Fsp3) is 0.857. The minimum absolute atomic E-state index is 0.563. The minimum atomic E-state index is 0.563. The number of likely N-dealkylation sites (N-methyl/N-ethyl adjacent to an activating group) is 1. The molecule has 0 radical (unpaired) electrons. The zero-order chi connectivity index (χ0) is 8.97. The Morgan fingerprint density at radius 1 is 1.50 bits per heavy atom. The van der Waals surface area contributed by atoms with E-state index in [9.17, 15) is 0 Å². The van der Waals surface area contributed by atoms with E-state index < -0.39 is 0 Å². The van der Waals surface area contributed by atoms with Gasteiger partial charge in [0, 0.05) is 12.6 Å². The van der Waals surface area contributed by atoms with E-state index in [-0.39, 0.29) is 0 Å². The van der Waals surface area contributed by atoms with Crippen LogP contribution in [-0.2, 0) is 6.54 Å². The topological polar surface area (TPSA) is 46.8 Å². The van der Waals surface area contributed by atoms with E-state index in [1.54, 1.807) is 4.80 Å². The molecule has 0 spiro atoms. The lowest BCUT2D eigenvalue weighted by molar-refractivity contribution is 0.252. The molecule has 0 saturated heterocycles. The van der Waals surface area contributed by atoms with Crippen molar-refractivity contribution >= 4 is 0 Å². The molecule has 0 fully saturated rings. The van der Waals surface area contributed by atoms with E-state index in [1.807, 2.05) is 0 Å². The summed E-state index contributed by atoms with van der Waals surface area (Å²) in [5, 5.41) is 11.3. The summed E-state index contributed by atoms with van der Waals surface area (Å²) in [7, 11) is 2.08. The Bertz CT molecular complexity index is 206. The number of rotatable bonds is 4. The maximum Gasteiger partial charge on any atom is 0.162 e. The van der Waals surface area contributed by atoms with Gasteiger partial charge in [0.15, 0.2) is 6.33 Å². The number of nitrogens with zero attached hydrogens (tertiary/aromatic N) is 5. The predicted molar refractivity (Wildman–Crippen MR) is 45.6 cm³/mol. The molecule has 0 amide bonds. The van der Waals surface area contributed by atoms with Crippen LogP contribution in [0.3, 0.4) is 0 Å². The molecule has 1 aromatic rings. The van der Waals surface area contributed by atoms with Crippen LogP contribution in [-0.4, -0.2) is 44.7 Å². The van der Waals surface area contributed by atoms with Crippen molar-refractivity contribution in [2.75, 3.05) is 13.6 Å². The molecule has 0 saturated carbocycles. The smallest absolute Gasteiger partial charge is 0.162 e. The van der Waals surface area contributed by atoms with Gasteiger partial charge in [-0.25, -0.2) is 0 Å². The molecule has 1 heterocycles. The van der Waals surface area contributed by atoms with Crippen molar-refractivity contribution in [2.45, 2.75) is 26.4 Å². The molecule has 68 valence electrons. The van der Waals surface area contributed by atoms with Gasteiger partial charge < -0.3 is 4.90 Å². The normalized spacial score (nSPS) is 11.4. The molecule has 0 atom stereocenters. The number of hydrogen-bond acceptors (Lipinski definition) is 4. The van der Waals surface area contributed by atoms with Gasteiger partial charge >= 0.3 is 0 Å². The molecule has 1 rings (SSSR count). The summed E-state index contributed by atoms with van der Waals surface area (Å²) in [4.78, 5) is 3.84. The fourth-order valence-corrected chi connectivity index (χ4v) is 0.796. The summed E-state index contributed by atoms with van der Waals surface area (Å²) in [6.07, 6.45) is 1.45. The van der Waals surface area contributed by atoms with Crippen LogP contribution in [0.4, 0.5) is 0 Å². The summed E-state index contributed by atoms with van der Waals surface area (Å²) in [6.45, 7) is 6.08. The first-order valence-electron chi connectivity index (χ1n) is 4.11. The lowest BCUT2D eigenvalue weighted by Gasteiger charge is -2.19. The Balaban J connectivity index is 2.27. The first-order valence-corrected chi connectivity index (χ1v) is 4.11. The van der Waals surface area contributed by atoms with Crippen LogP contribution in [0, 0.1) is 0 Å². The first-order chi connectivity index (χ1) is 5.70. The van der Waals surface area contributed by atoms with Gasteiger partial charge in [-0.05, 0) is 26.1 Å². The average Bonchev–Trinajstić information content (AvgIpc) is 2.51. The minimum Gasteiger partial charge on any atom is -0.302 e. The van der Waals surface area contributed by atoms with Crippen LogP contribution >= 0.6 is 0 Å². The molecule has 0 bridgehead atoms. The van der Waals surface area contributed by atoms with Gasteiger partial charge in [0.2, 0.25) is 0 Å². The Kier molecular flexibility index (Phi) is 3.16. The van der Waals surface area contributed by atoms with E-state index in [2.05, 4.69) is 41.2 Å². The van der Waals surface area contributed by atoms with Crippen molar-refractivity contribution in [2.24, 2.45) is 0 Å². The monoisotopic (exact) mass is 169 g/mol. The molecule has 0 aliphatic heterocycles. The summed E-state index contributed by atoms with van der Waals surface area (Å²) < 4.78 is 0. The van der Waals surface area contributed by atoms with Crippen LogP contribution in [0.2, 0.25) is 0 Å². The van der Waals surface area contributed by atoms with E-state index in [4.69, 9.17) is 0 Å². The van der Waals surface area contributed by atoms with Gasteiger partial charge in [-0.15, -0.1) is 10.2 Å². The molecule has 0 aliphatic rings. The van der Waals surface area contributed by atoms with E-state index in [1.165, 1.54) is 6.33 Å². The second-order valence-electron chi connectivity index (χ2n) is 3.11. The summed E-state index contributed by atoms with van der Waals surface area (Å²) in [6, 6.07) is 0.563. The molecule has 0 aromatic carbocycles. The SMILES string of the molecule is CC(C)N(C)CCn1ncnn1. The standard InChI is InChI=1S/C7H15N5/c1-7(2)11(3)4-5-12-9-6-8-10-12/h6-7H,4-5H2,1-3H3. The van der Waals surface area contributed by atoms with E-state index >= 15 is 0 Å². The number of hydrogen-bond donors (Lipinski definition) is 0. The van der Waals surface area contributed by atoms with E-state index in [0.29, 0.717) is 6.04 Å². The zero-order valence-corrected chi connectivity index (χ0v) is 7.80. The van der Waals surface area contributed by atoms with Gasteiger partial charge in [0.05, 0.1) is 6.54 Å². The Labute approximate surface area is 72.4 Å². The van der Waals surface area contributed by atoms with Crippen molar-refractivity contribution in [1.29, 1.82) is 0 Å². The quantitative estimate of drug-likeness (QED) is 0.637. The van der Waals surface area contributed by atoms with Crippen LogP contribution < -0.4 is 0 Å². The molecular weight excluding hydrogens is 154 g/mol. The highest BCUT2D eigenvalue weighted by atomic mass is 15.6. The Morgan fingerprint density at radius 3 is 2.75 bits per heavy atom. The molecule has 12 heavy (non-hydrogen) atoms. The van der Waals surface area contributed by atoms with Crippen molar-refractivity contribution in [3.05, 3.63) is 6.33 Å². The molecule has 5 heteroatoms. The summed E-state index contributed by atoms with van der Waals surface area (Å²) >= 11 is 0. The maximum atomic E-state index is 3.92. The average molecular weight is 169 g/mol. The van der Waals surface area contributed by atoms with Gasteiger partial charge in [-0.1, -0.05) is 0 Å². The van der Waals surface area contributed by atoms with Gasteiger partial charge in [0.25, 0.3) is 0 Å². The van der Waals surface area contributed by atoms with Crippen molar-refractivity contribution < 1.29 is 0 Å². The van der Waals surface area contributed by atoms with Gasteiger partial charge in [-0.2, -0.15) is 4.80 Å². The van der Waals surface area contributed by atoms with E-state index in [0.717, 1.165) is 13.1 Å². The number of tetrazole rings is 1. The molecule has 0 N–H and O–H groups in total. The third-order valence-electron chi connectivity index (χ3n) is 1.93. The lowest BCUT2D eigenvalue weighted by Crippen LogP contribution is -2.30. The van der Waals surface area contributed by atoms with Crippen LogP contribution in [0.1, 0.15) is 13.8 Å². The van der Waals surface area contributed by atoms with Crippen LogP contribution in [0.25, 0.3) is 0 Å². The lowest BCUT2D eigenvalue weighted by atomic mass is 10.3. The largest absolute Gasteiger partial charge is 0.302 e. The van der Waals surface area contributed by atoms with Gasteiger partial charge in [0.1, 0.15) is 0 Å². The fourth-order valence-electron chi connectivity index (χ4n) is 0.796. The van der Waals surface area contributed by atoms with Crippen LogP contribution in [0.5, 0.6) is 0 Å².